The lowest BCUT2D eigenvalue weighted by atomic mass is 10.6. The smallest absolute Gasteiger partial charge is 0.0583 e. The van der Waals surface area contributed by atoms with Gasteiger partial charge in [-0.1, -0.05) is 0 Å². The molecule has 0 bridgehead atoms. The summed E-state index contributed by atoms with van der Waals surface area (Å²) in [4.78, 5) is 7.41. The number of rotatable bonds is 3. The Labute approximate surface area is 49.7 Å². The van der Waals surface area contributed by atoms with Crippen molar-refractivity contribution in [1.82, 2.24) is 0 Å². The highest BCUT2D eigenvalue weighted by Crippen LogP contribution is 1.73. The highest BCUT2D eigenvalue weighted by atomic mass is 14.7. The molecule has 0 saturated heterocycles. The molecule has 0 radical (unpaired) electrons. The standard InChI is InChI=1S/C6H10N2/c1-3-8-6-4-5-7-2/h3-5H,2,6H2,1H3. The summed E-state index contributed by atoms with van der Waals surface area (Å²) in [5.41, 5.74) is 0. The van der Waals surface area contributed by atoms with E-state index in [-0.39, 0.29) is 0 Å². The van der Waals surface area contributed by atoms with Crippen molar-refractivity contribution in [3.63, 3.8) is 0 Å². The Balaban J connectivity index is 3.15. The lowest BCUT2D eigenvalue weighted by Gasteiger charge is -1.75. The average molecular weight is 110 g/mol. The molecule has 44 valence electrons. The second-order valence-corrected chi connectivity index (χ2v) is 1.19. The van der Waals surface area contributed by atoms with Gasteiger partial charge in [-0.2, -0.15) is 0 Å². The van der Waals surface area contributed by atoms with Crippen LogP contribution in [0.1, 0.15) is 6.92 Å². The molecule has 0 aliphatic rings. The third kappa shape index (κ3) is 5.08. The molecule has 0 fully saturated rings. The number of aliphatic imine (C=N–C) groups is 2. The van der Waals surface area contributed by atoms with Crippen molar-refractivity contribution in [2.75, 3.05) is 6.54 Å². The first-order valence-corrected chi connectivity index (χ1v) is 2.47. The van der Waals surface area contributed by atoms with Gasteiger partial charge >= 0.3 is 0 Å². The van der Waals surface area contributed by atoms with E-state index in [1.807, 2.05) is 13.0 Å². The predicted molar refractivity (Wildman–Crippen MR) is 37.7 cm³/mol. The van der Waals surface area contributed by atoms with Gasteiger partial charge in [0, 0.05) is 6.20 Å². The normalized spacial score (nSPS) is 11.1. The van der Waals surface area contributed by atoms with Crippen LogP contribution in [0.15, 0.2) is 22.3 Å². The van der Waals surface area contributed by atoms with Crippen LogP contribution in [0.25, 0.3) is 0 Å². The fraction of sp³-hybridized carbons (Fsp3) is 0.333. The molecule has 0 saturated carbocycles. The van der Waals surface area contributed by atoms with Gasteiger partial charge in [-0.05, 0) is 25.9 Å². The SMILES string of the molecule is C=NC=CCN=CC. The molecule has 0 aromatic heterocycles. The van der Waals surface area contributed by atoms with Crippen LogP contribution in [0, 0.1) is 0 Å². The maximum absolute atomic E-state index is 3.91. The van der Waals surface area contributed by atoms with Gasteiger partial charge in [-0.15, -0.1) is 0 Å². The molecule has 2 heteroatoms. The van der Waals surface area contributed by atoms with Gasteiger partial charge in [0.1, 0.15) is 0 Å². The Morgan fingerprint density at radius 3 is 2.88 bits per heavy atom. The van der Waals surface area contributed by atoms with E-state index in [1.165, 1.54) is 0 Å². The minimum atomic E-state index is 0.704. The Morgan fingerprint density at radius 2 is 2.38 bits per heavy atom. The molecule has 0 amide bonds. The van der Waals surface area contributed by atoms with Crippen molar-refractivity contribution >= 4 is 12.9 Å². The molecule has 0 aromatic carbocycles. The summed E-state index contributed by atoms with van der Waals surface area (Å²) in [5, 5.41) is 0. The molecule has 8 heavy (non-hydrogen) atoms. The van der Waals surface area contributed by atoms with E-state index in [2.05, 4.69) is 16.7 Å². The Morgan fingerprint density at radius 1 is 1.62 bits per heavy atom. The van der Waals surface area contributed by atoms with E-state index in [4.69, 9.17) is 0 Å². The minimum absolute atomic E-state index is 0.704. The van der Waals surface area contributed by atoms with Crippen LogP contribution in [0.4, 0.5) is 0 Å². The van der Waals surface area contributed by atoms with Crippen LogP contribution in [0.5, 0.6) is 0 Å². The molecule has 2 nitrogen and oxygen atoms in total. The van der Waals surface area contributed by atoms with Gasteiger partial charge in [0.05, 0.1) is 6.54 Å². The zero-order valence-corrected chi connectivity index (χ0v) is 5.04. The lowest BCUT2D eigenvalue weighted by Crippen LogP contribution is -1.68. The monoisotopic (exact) mass is 110 g/mol. The van der Waals surface area contributed by atoms with Crippen LogP contribution >= 0.6 is 0 Å². The topological polar surface area (TPSA) is 24.7 Å². The number of hydrogen-bond acceptors (Lipinski definition) is 2. The summed E-state index contributed by atoms with van der Waals surface area (Å²) < 4.78 is 0. The second-order valence-electron chi connectivity index (χ2n) is 1.19. The molecule has 0 aliphatic carbocycles. The van der Waals surface area contributed by atoms with Gasteiger partial charge in [0.2, 0.25) is 0 Å². The first kappa shape index (κ1) is 7.08. The van der Waals surface area contributed by atoms with E-state index in [1.54, 1.807) is 12.4 Å². The second kappa shape index (κ2) is 6.08. The van der Waals surface area contributed by atoms with Crippen molar-refractivity contribution in [2.45, 2.75) is 6.92 Å². The maximum atomic E-state index is 3.91. The fourth-order valence-electron chi connectivity index (χ4n) is 0.288. The molecule has 0 N–H and O–H groups in total. The molecule has 0 unspecified atom stereocenters. The summed E-state index contributed by atoms with van der Waals surface area (Å²) in [7, 11) is 0. The van der Waals surface area contributed by atoms with Gasteiger partial charge < -0.3 is 0 Å². The van der Waals surface area contributed by atoms with Crippen LogP contribution in [-0.4, -0.2) is 19.5 Å². The zero-order valence-electron chi connectivity index (χ0n) is 5.04. The average Bonchev–Trinajstić information content (AvgIpc) is 1.81. The minimum Gasteiger partial charge on any atom is -0.294 e. The molecule has 0 heterocycles. The van der Waals surface area contributed by atoms with Crippen LogP contribution in [0.3, 0.4) is 0 Å². The summed E-state index contributed by atoms with van der Waals surface area (Å²) in [6.45, 7) is 5.86. The van der Waals surface area contributed by atoms with E-state index < -0.39 is 0 Å². The van der Waals surface area contributed by atoms with Gasteiger partial charge in [0.15, 0.2) is 0 Å². The van der Waals surface area contributed by atoms with Crippen molar-refractivity contribution < 1.29 is 0 Å². The first-order valence-electron chi connectivity index (χ1n) is 2.47. The van der Waals surface area contributed by atoms with E-state index >= 15 is 0 Å². The molecule has 0 aliphatic heterocycles. The number of nitrogens with zero attached hydrogens (tertiary/aromatic N) is 2. The lowest BCUT2D eigenvalue weighted by molar-refractivity contribution is 1.24. The fourth-order valence-corrected chi connectivity index (χ4v) is 0.288. The van der Waals surface area contributed by atoms with E-state index in [0.29, 0.717) is 6.54 Å². The van der Waals surface area contributed by atoms with E-state index in [0.717, 1.165) is 0 Å². The molecule has 0 atom stereocenters. The van der Waals surface area contributed by atoms with Crippen LogP contribution in [-0.2, 0) is 0 Å². The van der Waals surface area contributed by atoms with Crippen LogP contribution in [0.2, 0.25) is 0 Å². The summed E-state index contributed by atoms with van der Waals surface area (Å²) in [5.74, 6) is 0. The maximum Gasteiger partial charge on any atom is 0.0583 e. The van der Waals surface area contributed by atoms with Crippen molar-refractivity contribution in [1.29, 1.82) is 0 Å². The molecular weight excluding hydrogens is 100 g/mol. The largest absolute Gasteiger partial charge is 0.294 e. The van der Waals surface area contributed by atoms with E-state index in [9.17, 15) is 0 Å². The van der Waals surface area contributed by atoms with Gasteiger partial charge in [-0.25, -0.2) is 0 Å². The molecule has 0 aromatic rings. The van der Waals surface area contributed by atoms with Crippen LogP contribution < -0.4 is 0 Å². The molecule has 0 rings (SSSR count). The highest BCUT2D eigenvalue weighted by molar-refractivity contribution is 5.53. The van der Waals surface area contributed by atoms with Gasteiger partial charge in [0.25, 0.3) is 0 Å². The highest BCUT2D eigenvalue weighted by Gasteiger charge is 1.63. The molecule has 0 spiro atoms. The van der Waals surface area contributed by atoms with Crippen molar-refractivity contribution in [3.05, 3.63) is 12.3 Å². The Bertz CT molecular complexity index is 103. The predicted octanol–water partition coefficient (Wildman–Crippen LogP) is 1.29. The van der Waals surface area contributed by atoms with Crippen molar-refractivity contribution in [2.24, 2.45) is 9.98 Å². The Hall–Kier alpha value is -0.920. The first-order chi connectivity index (χ1) is 3.91. The third-order valence-corrected chi connectivity index (χ3v) is 0.604. The summed E-state index contributed by atoms with van der Waals surface area (Å²) in [6.07, 6.45) is 5.23. The third-order valence-electron chi connectivity index (χ3n) is 0.604. The Kier molecular flexibility index (Phi) is 5.38. The summed E-state index contributed by atoms with van der Waals surface area (Å²) in [6, 6.07) is 0. The number of hydrogen-bond donors (Lipinski definition) is 0. The summed E-state index contributed by atoms with van der Waals surface area (Å²) >= 11 is 0. The zero-order chi connectivity index (χ0) is 6.24. The van der Waals surface area contributed by atoms with Crippen molar-refractivity contribution in [3.8, 4) is 0 Å². The molecular formula is C6H10N2. The quantitative estimate of drug-likeness (QED) is 0.489. The van der Waals surface area contributed by atoms with Gasteiger partial charge in [-0.3, -0.25) is 9.98 Å².